The number of ketones is 1. The summed E-state index contributed by atoms with van der Waals surface area (Å²) < 4.78 is 11.1. The van der Waals surface area contributed by atoms with Gasteiger partial charge in [0.05, 0.1) is 24.1 Å². The first kappa shape index (κ1) is 20.9. The van der Waals surface area contributed by atoms with Crippen LogP contribution in [0.15, 0.2) is 64.4 Å². The van der Waals surface area contributed by atoms with Crippen molar-refractivity contribution >= 4 is 39.1 Å². The lowest BCUT2D eigenvalue weighted by Gasteiger charge is -2.23. The molecule has 0 saturated carbocycles. The molecule has 0 saturated heterocycles. The number of ether oxygens (including phenoxy) is 1. The number of carbonyl (C=O) groups excluding carboxylic acids is 2. The molecule has 1 N–H and O–H groups in total. The minimum atomic E-state index is -0.953. The number of Topliss-reactive ketones (excluding diaryl/α,β-unsaturated/α-hetero) is 1. The highest BCUT2D eigenvalue weighted by molar-refractivity contribution is 7.15. The topological polar surface area (TPSA) is 106 Å². The highest BCUT2D eigenvalue weighted by Crippen LogP contribution is 2.43. The third kappa shape index (κ3) is 3.28. The number of fused-ring (bicyclic) bond motifs is 1. The van der Waals surface area contributed by atoms with Gasteiger partial charge in [-0.1, -0.05) is 18.2 Å². The second-order valence-electron chi connectivity index (χ2n) is 7.55. The summed E-state index contributed by atoms with van der Waals surface area (Å²) in [5.74, 6) is -1.51. The zero-order valence-electron chi connectivity index (χ0n) is 18.0. The van der Waals surface area contributed by atoms with Gasteiger partial charge in [0.25, 0.3) is 5.91 Å². The number of nitrogens with zero attached hydrogens (tertiary/aromatic N) is 3. The second kappa shape index (κ2) is 7.86. The first-order chi connectivity index (χ1) is 15.9. The van der Waals surface area contributed by atoms with Crippen molar-refractivity contribution in [3.05, 3.63) is 82.0 Å². The van der Waals surface area contributed by atoms with Crippen molar-refractivity contribution in [2.24, 2.45) is 0 Å². The van der Waals surface area contributed by atoms with Crippen LogP contribution in [0.1, 0.15) is 32.9 Å². The van der Waals surface area contributed by atoms with Gasteiger partial charge in [-0.05, 0) is 38.1 Å². The maximum atomic E-state index is 13.6. The van der Waals surface area contributed by atoms with Crippen LogP contribution in [0, 0.1) is 13.8 Å². The van der Waals surface area contributed by atoms with Gasteiger partial charge in [0.15, 0.2) is 28.0 Å². The Kier molecular flexibility index (Phi) is 4.98. The molecule has 0 bridgehead atoms. The molecule has 4 aromatic rings. The van der Waals surface area contributed by atoms with E-state index in [4.69, 9.17) is 9.15 Å². The van der Waals surface area contributed by atoms with Crippen molar-refractivity contribution in [1.82, 2.24) is 9.97 Å². The molecule has 0 aliphatic carbocycles. The van der Waals surface area contributed by atoms with Gasteiger partial charge in [-0.15, -0.1) is 11.3 Å². The predicted molar refractivity (Wildman–Crippen MR) is 123 cm³/mol. The summed E-state index contributed by atoms with van der Waals surface area (Å²) in [5, 5.41) is 11.9. The Balaban J connectivity index is 1.66. The van der Waals surface area contributed by atoms with E-state index in [1.54, 1.807) is 48.7 Å². The van der Waals surface area contributed by atoms with Crippen molar-refractivity contribution < 1.29 is 23.8 Å². The Morgan fingerprint density at radius 3 is 2.70 bits per heavy atom. The minimum Gasteiger partial charge on any atom is -0.503 e. The van der Waals surface area contributed by atoms with E-state index in [1.807, 2.05) is 13.8 Å². The van der Waals surface area contributed by atoms with Gasteiger partial charge < -0.3 is 14.3 Å². The fourth-order valence-corrected chi connectivity index (χ4v) is 4.79. The van der Waals surface area contributed by atoms with Crippen LogP contribution in [-0.2, 0) is 4.79 Å². The molecular weight excluding hydrogens is 442 g/mol. The number of aryl methyl sites for hydroxylation is 2. The maximum Gasteiger partial charge on any atom is 0.296 e. The normalized spacial score (nSPS) is 16.2. The Morgan fingerprint density at radius 1 is 1.21 bits per heavy atom. The summed E-state index contributed by atoms with van der Waals surface area (Å²) in [5.41, 5.74) is 1.50. The number of rotatable bonds is 5. The molecule has 4 heterocycles. The first-order valence-electron chi connectivity index (χ1n) is 10.1. The molecule has 0 radical (unpaired) electrons. The molecule has 1 atom stereocenters. The largest absolute Gasteiger partial charge is 0.503 e. The lowest BCUT2D eigenvalue weighted by Crippen LogP contribution is -2.31. The molecule has 1 aliphatic heterocycles. The van der Waals surface area contributed by atoms with Crippen LogP contribution in [0.25, 0.3) is 11.0 Å². The molecule has 1 aliphatic rings. The van der Waals surface area contributed by atoms with Gasteiger partial charge in [-0.3, -0.25) is 19.5 Å². The lowest BCUT2D eigenvalue weighted by molar-refractivity contribution is -0.117. The zero-order chi connectivity index (χ0) is 23.3. The summed E-state index contributed by atoms with van der Waals surface area (Å²) in [6.07, 6.45) is 1.57. The van der Waals surface area contributed by atoms with Gasteiger partial charge in [-0.25, -0.2) is 4.98 Å². The van der Waals surface area contributed by atoms with Crippen LogP contribution >= 0.6 is 11.3 Å². The Hall–Kier alpha value is -3.98. The van der Waals surface area contributed by atoms with E-state index in [0.717, 1.165) is 10.6 Å². The highest BCUT2D eigenvalue weighted by Gasteiger charge is 2.47. The number of thiazole rings is 1. The van der Waals surface area contributed by atoms with E-state index < -0.39 is 23.5 Å². The van der Waals surface area contributed by atoms with Gasteiger partial charge in [-0.2, -0.15) is 0 Å². The Labute approximate surface area is 192 Å². The molecule has 1 aromatic carbocycles. The molecule has 5 rings (SSSR count). The van der Waals surface area contributed by atoms with E-state index in [2.05, 4.69) is 9.97 Å². The summed E-state index contributed by atoms with van der Waals surface area (Å²) in [6.45, 7) is 3.74. The van der Waals surface area contributed by atoms with E-state index >= 15 is 0 Å². The number of furan rings is 1. The number of amides is 1. The fourth-order valence-electron chi connectivity index (χ4n) is 3.85. The van der Waals surface area contributed by atoms with Crippen molar-refractivity contribution in [3.63, 3.8) is 0 Å². The number of hydrogen-bond donors (Lipinski definition) is 1. The number of aromatic nitrogens is 2. The molecule has 0 fully saturated rings. The van der Waals surface area contributed by atoms with E-state index in [9.17, 15) is 14.7 Å². The third-order valence-corrected chi connectivity index (χ3v) is 6.67. The molecule has 0 spiro atoms. The van der Waals surface area contributed by atoms with Crippen LogP contribution in [0.5, 0.6) is 5.75 Å². The molecule has 9 heteroatoms. The van der Waals surface area contributed by atoms with E-state index in [-0.39, 0.29) is 11.3 Å². The number of pyridine rings is 1. The monoisotopic (exact) mass is 461 g/mol. The summed E-state index contributed by atoms with van der Waals surface area (Å²) in [4.78, 5) is 37.9. The number of carbonyl (C=O) groups is 2. The van der Waals surface area contributed by atoms with Crippen molar-refractivity contribution in [2.45, 2.75) is 19.9 Å². The lowest BCUT2D eigenvalue weighted by atomic mass is 9.98. The number of para-hydroxylation sites is 1. The van der Waals surface area contributed by atoms with Crippen LogP contribution in [0.3, 0.4) is 0 Å². The van der Waals surface area contributed by atoms with Crippen molar-refractivity contribution in [3.8, 4) is 5.75 Å². The van der Waals surface area contributed by atoms with E-state index in [0.29, 0.717) is 27.5 Å². The number of anilines is 1. The van der Waals surface area contributed by atoms with Crippen molar-refractivity contribution in [1.29, 1.82) is 0 Å². The molecule has 3 aromatic heterocycles. The second-order valence-corrected chi connectivity index (χ2v) is 8.73. The van der Waals surface area contributed by atoms with Crippen molar-refractivity contribution in [2.75, 3.05) is 12.0 Å². The standard InChI is InChI=1S/C24H19N3O5S/c1-12-13(2)33-24(26-12)27-19(15-8-4-5-10-25-15)18(21(29)23(27)30)20(28)17-11-14-7-6-9-16(31-3)22(14)32-17/h4-11,19,29H,1-3H3. The smallest absolute Gasteiger partial charge is 0.296 e. The predicted octanol–water partition coefficient (Wildman–Crippen LogP) is 4.69. The van der Waals surface area contributed by atoms with Gasteiger partial charge in [0.1, 0.15) is 6.04 Å². The number of hydrogen-bond acceptors (Lipinski definition) is 8. The first-order valence-corrected chi connectivity index (χ1v) is 10.9. The van der Waals surface area contributed by atoms with Gasteiger partial charge in [0, 0.05) is 16.5 Å². The van der Waals surface area contributed by atoms with Crippen LogP contribution in [0.4, 0.5) is 5.13 Å². The molecule has 166 valence electrons. The van der Waals surface area contributed by atoms with Gasteiger partial charge in [0.2, 0.25) is 5.78 Å². The molecule has 1 amide bonds. The van der Waals surface area contributed by atoms with Crippen LogP contribution in [-0.4, -0.2) is 33.9 Å². The molecular formula is C24H19N3O5S. The molecule has 1 unspecified atom stereocenters. The molecule has 8 nitrogen and oxygen atoms in total. The number of benzene rings is 1. The summed E-state index contributed by atoms with van der Waals surface area (Å²) in [6, 6.07) is 11.1. The number of aliphatic hydroxyl groups excluding tert-OH is 1. The highest BCUT2D eigenvalue weighted by atomic mass is 32.1. The third-order valence-electron chi connectivity index (χ3n) is 5.60. The number of methoxy groups -OCH3 is 1. The quantitative estimate of drug-likeness (QED) is 0.430. The molecule has 33 heavy (non-hydrogen) atoms. The van der Waals surface area contributed by atoms with Crippen LogP contribution in [0.2, 0.25) is 0 Å². The van der Waals surface area contributed by atoms with E-state index in [1.165, 1.54) is 23.3 Å². The van der Waals surface area contributed by atoms with Crippen LogP contribution < -0.4 is 9.64 Å². The SMILES string of the molecule is COc1cccc2cc(C(=O)C3=C(O)C(=O)N(c4nc(C)c(C)s4)C3c3ccccn3)oc12. The Morgan fingerprint density at radius 2 is 2.03 bits per heavy atom. The zero-order valence-corrected chi connectivity index (χ0v) is 18.8. The fraction of sp³-hybridized carbons (Fsp3) is 0.167. The Bertz CT molecular complexity index is 1420. The average Bonchev–Trinajstić information content (AvgIpc) is 3.48. The summed E-state index contributed by atoms with van der Waals surface area (Å²) >= 11 is 1.31. The number of aliphatic hydroxyl groups is 1. The average molecular weight is 461 g/mol. The minimum absolute atomic E-state index is 0.0156. The van der Waals surface area contributed by atoms with Gasteiger partial charge >= 0.3 is 0 Å². The maximum absolute atomic E-state index is 13.6. The summed E-state index contributed by atoms with van der Waals surface area (Å²) in [7, 11) is 1.51.